The second-order valence-corrected chi connectivity index (χ2v) is 32.1. The first-order chi connectivity index (χ1) is 64.9. The van der Waals surface area contributed by atoms with Crippen LogP contribution >= 0.6 is 0 Å². The standard InChI is InChI=1S/C112H71BN6O/c1-112(2,3)79-62-92(69-22-7-5-8-23-69)111(93(63-79)70-24-9-6-10-25-70)119-104-66-81(116-99-35-18-15-30-89(99)94-56-68(67-114)38-53-101(94)116)47-52-98(104)113-97-51-48-82(117-100-36-19-16-31-90(100)95-64-80(115-4)46-54-102(95)117)65-103(97)118(105-60-78(61-106(119)109(105)113)73-45-55-108-96(59-73)91-32-17-20-37-107(91)120-108)110-87(76-43-49-85-74(57-76)41-39-71-26-11-13-28-83(71)85)33-21-34-88(110)77-44-50-86-75(58-77)42-40-72-27-12-14-29-84(72)86/h5-66H,1-3H3/i15D,16D,18D,19D,30D,31D,35D,36D,38D,46D,53D,54D,56D,64D. The van der Waals surface area contributed by atoms with E-state index in [1.165, 1.54) is 0 Å². The van der Waals surface area contributed by atoms with Gasteiger partial charge in [0, 0.05) is 86.1 Å². The number of nitrogens with zero attached hydrogens (tertiary/aromatic N) is 6. The molecule has 558 valence electrons. The van der Waals surface area contributed by atoms with E-state index in [0.29, 0.717) is 50.5 Å². The fourth-order valence-electron chi connectivity index (χ4n) is 19.0. The maximum Gasteiger partial charge on any atom is 0.252 e. The summed E-state index contributed by atoms with van der Waals surface area (Å²) < 4.78 is 146. The predicted octanol–water partition coefficient (Wildman–Crippen LogP) is 28.5. The van der Waals surface area contributed by atoms with E-state index in [0.717, 1.165) is 126 Å². The number of aromatic nitrogens is 2. The summed E-state index contributed by atoms with van der Waals surface area (Å²) in [6, 6.07) is 94.9. The van der Waals surface area contributed by atoms with Crippen LogP contribution in [-0.4, -0.2) is 15.8 Å². The molecule has 22 aromatic rings. The van der Waals surface area contributed by atoms with Crippen molar-refractivity contribution in [2.45, 2.75) is 26.2 Å². The van der Waals surface area contributed by atoms with Gasteiger partial charge in [-0.25, -0.2) is 4.85 Å². The Balaban J connectivity index is 0.918. The van der Waals surface area contributed by atoms with Crippen molar-refractivity contribution in [1.82, 2.24) is 9.13 Å². The number of nitriles is 1. The Morgan fingerprint density at radius 2 is 0.842 bits per heavy atom. The summed E-state index contributed by atoms with van der Waals surface area (Å²) in [5.41, 5.74) is 15.3. The molecule has 0 fully saturated rings. The molecular formula is C112H71BN6O. The Hall–Kier alpha value is -15.7. The van der Waals surface area contributed by atoms with Crippen molar-refractivity contribution in [3.8, 4) is 73.1 Å². The van der Waals surface area contributed by atoms with E-state index in [2.05, 4.69) is 217 Å². The number of benzene rings is 19. The van der Waals surface area contributed by atoms with Gasteiger partial charge in [-0.05, 0) is 230 Å². The largest absolute Gasteiger partial charge is 0.456 e. The average molecular weight is 1540 g/mol. The highest BCUT2D eigenvalue weighted by atomic mass is 16.3. The SMILES string of the molecule is [2H]c1c([2H])c([2H])c2c(c1[2H])c1c([2H])c(C#N)c([2H])c([2H])c1n2-c1ccc2c(c1)N(c1c(-c3ccccc3)cc(C(C)(C)C)cc1-c1ccccc1)c1cc(-c3ccc4oc5ccccc5c4c3)cc3c1B2c1ccc(-n2c4c([2H])c([2H])c([2H])c([2H])c4c4c([2H])c([N+]#[C-])c([2H])c([2H])c42)cc1N3c1c(-c2ccc3c(ccc4ccccc43)c2)cccc1-c1ccc2c(ccc3ccccc32)c1. The van der Waals surface area contributed by atoms with Crippen molar-refractivity contribution in [2.75, 3.05) is 9.80 Å². The Labute approximate surface area is 713 Å². The van der Waals surface area contributed by atoms with E-state index >= 15 is 0 Å². The molecule has 0 atom stereocenters. The second-order valence-electron chi connectivity index (χ2n) is 32.1. The molecule has 0 N–H and O–H groups in total. The zero-order valence-electron chi connectivity index (χ0n) is 78.9. The van der Waals surface area contributed by atoms with Crippen LogP contribution in [0.25, 0.3) is 180 Å². The summed E-state index contributed by atoms with van der Waals surface area (Å²) in [6.07, 6.45) is 0. The third-order valence-electron chi connectivity index (χ3n) is 24.5. The number of para-hydroxylation sites is 4. The number of furan rings is 1. The summed E-state index contributed by atoms with van der Waals surface area (Å²) in [5.74, 6) is 0. The minimum absolute atomic E-state index is 0.0887. The van der Waals surface area contributed by atoms with Gasteiger partial charge in [-0.1, -0.05) is 275 Å². The smallest absolute Gasteiger partial charge is 0.252 e. The molecule has 0 bridgehead atoms. The molecule has 5 heterocycles. The number of hydrogen-bond donors (Lipinski definition) is 0. The van der Waals surface area contributed by atoms with Gasteiger partial charge in [-0.2, -0.15) is 5.26 Å². The normalized spacial score (nSPS) is 14.2. The van der Waals surface area contributed by atoms with Crippen LogP contribution in [-0.2, 0) is 5.41 Å². The van der Waals surface area contributed by atoms with Crippen LogP contribution in [0.1, 0.15) is 51.1 Å². The lowest BCUT2D eigenvalue weighted by Gasteiger charge is -2.46. The number of hydrogen-bond acceptors (Lipinski definition) is 4. The molecule has 0 saturated heterocycles. The van der Waals surface area contributed by atoms with Crippen molar-refractivity contribution in [3.63, 3.8) is 0 Å². The first-order valence-corrected chi connectivity index (χ1v) is 40.0. The lowest BCUT2D eigenvalue weighted by atomic mass is 9.33. The van der Waals surface area contributed by atoms with Crippen LogP contribution in [0.15, 0.2) is 380 Å². The highest BCUT2D eigenvalue weighted by Gasteiger charge is 2.46. The lowest BCUT2D eigenvalue weighted by Crippen LogP contribution is -2.61. The Morgan fingerprint density at radius 1 is 0.358 bits per heavy atom. The van der Waals surface area contributed by atoms with E-state index in [1.807, 2.05) is 115 Å². The van der Waals surface area contributed by atoms with Crippen molar-refractivity contribution >= 4 is 172 Å². The zero-order chi connectivity index (χ0) is 91.9. The van der Waals surface area contributed by atoms with E-state index < -0.39 is 108 Å². The van der Waals surface area contributed by atoms with E-state index in [-0.39, 0.29) is 55.0 Å². The van der Waals surface area contributed by atoms with E-state index in [1.54, 1.807) is 9.13 Å². The molecule has 8 heteroatoms. The van der Waals surface area contributed by atoms with Crippen molar-refractivity contribution in [2.24, 2.45) is 0 Å². The summed E-state index contributed by atoms with van der Waals surface area (Å²) in [5, 5.41) is 20.5. The van der Waals surface area contributed by atoms with Gasteiger partial charge in [0.05, 0.1) is 68.1 Å². The quantitative estimate of drug-likeness (QED) is 0.0821. The summed E-state index contributed by atoms with van der Waals surface area (Å²) >= 11 is 0. The van der Waals surface area contributed by atoms with E-state index in [4.69, 9.17) is 11.0 Å². The van der Waals surface area contributed by atoms with Crippen LogP contribution in [0.3, 0.4) is 0 Å². The highest BCUT2D eigenvalue weighted by molar-refractivity contribution is 7.00. The minimum atomic E-state index is -0.870. The molecule has 0 amide bonds. The van der Waals surface area contributed by atoms with Crippen LogP contribution < -0.4 is 26.2 Å². The van der Waals surface area contributed by atoms with Crippen LogP contribution in [0, 0.1) is 17.9 Å². The maximum absolute atomic E-state index is 10.8. The van der Waals surface area contributed by atoms with E-state index in [9.17, 15) is 24.5 Å². The van der Waals surface area contributed by atoms with Gasteiger partial charge in [0.15, 0.2) is 5.69 Å². The highest BCUT2D eigenvalue weighted by Crippen LogP contribution is 2.56. The van der Waals surface area contributed by atoms with Crippen LogP contribution in [0.5, 0.6) is 0 Å². The van der Waals surface area contributed by atoms with Crippen molar-refractivity contribution in [3.05, 3.63) is 398 Å². The second kappa shape index (κ2) is 26.4. The van der Waals surface area contributed by atoms with Crippen molar-refractivity contribution in [1.29, 1.82) is 5.26 Å². The van der Waals surface area contributed by atoms with Crippen LogP contribution in [0.2, 0.25) is 0 Å². The first kappa shape index (κ1) is 55.7. The molecule has 0 spiro atoms. The molecule has 2 aliphatic rings. The number of fused-ring (bicyclic) bond motifs is 19. The van der Waals surface area contributed by atoms with Crippen LogP contribution in [0.4, 0.5) is 39.8 Å². The molecule has 0 saturated carbocycles. The first-order valence-electron chi connectivity index (χ1n) is 47.0. The van der Waals surface area contributed by atoms with Gasteiger partial charge < -0.3 is 23.4 Å². The fraction of sp³-hybridized carbons (Fsp3) is 0.0357. The lowest BCUT2D eigenvalue weighted by molar-refractivity contribution is 0.591. The van der Waals surface area contributed by atoms with Gasteiger partial charge in [0.1, 0.15) is 11.2 Å². The Morgan fingerprint density at radius 3 is 1.41 bits per heavy atom. The molecule has 19 aromatic carbocycles. The van der Waals surface area contributed by atoms with Gasteiger partial charge in [0.2, 0.25) is 0 Å². The Bertz CT molecular complexity index is 8990. The zero-order valence-corrected chi connectivity index (χ0v) is 64.9. The summed E-state index contributed by atoms with van der Waals surface area (Å²) in [7, 11) is 0. The topological polar surface area (TPSA) is 57.6 Å². The molecular weight excluding hydrogens is 1460 g/mol. The molecule has 2 aliphatic heterocycles. The molecule has 0 aliphatic carbocycles. The molecule has 0 radical (unpaired) electrons. The van der Waals surface area contributed by atoms with Gasteiger partial charge >= 0.3 is 0 Å². The van der Waals surface area contributed by atoms with Gasteiger partial charge in [0.25, 0.3) is 6.71 Å². The third kappa shape index (κ3) is 10.5. The molecule has 3 aromatic heterocycles. The van der Waals surface area contributed by atoms with Gasteiger partial charge in [-0.3, -0.25) is 0 Å². The summed E-state index contributed by atoms with van der Waals surface area (Å²) in [4.78, 5) is 8.30. The molecule has 120 heavy (non-hydrogen) atoms. The van der Waals surface area contributed by atoms with Crippen molar-refractivity contribution < 1.29 is 23.6 Å². The third-order valence-corrected chi connectivity index (χ3v) is 24.5. The molecule has 24 rings (SSSR count). The molecule has 7 nitrogen and oxygen atoms in total. The average Bonchev–Trinajstić information content (AvgIpc) is 0.875. The monoisotopic (exact) mass is 1540 g/mol. The number of rotatable bonds is 9. The molecule has 0 unspecified atom stereocenters. The minimum Gasteiger partial charge on any atom is -0.456 e. The number of anilines is 6. The maximum atomic E-state index is 10.8. The summed E-state index contributed by atoms with van der Waals surface area (Å²) in [6.45, 7) is 14.1. The Kier molecular flexibility index (Phi) is 12.3. The fourth-order valence-corrected chi connectivity index (χ4v) is 19.0. The van der Waals surface area contributed by atoms with Gasteiger partial charge in [-0.15, -0.1) is 0 Å². The predicted molar refractivity (Wildman–Crippen MR) is 503 cm³/mol.